The standard InChI is InChI=1S/C40H56O21/c1-51-21-5-16(6-22(52-2)35(21)60-38-18(28(44)29(45)26(10-41)58-38)9-25-37(49)40(50,14-43)15-57-25)33-19-12-56-34(20(19)13-55-33)17-7-23(53-3)36(24(8-17)54-4)61-39-32(48)31(47)30(46)27(11-42)59-39/h5-8,18-20,25-34,37-39,41-50H,9-15H2,1-4H3. The summed E-state index contributed by atoms with van der Waals surface area (Å²) in [6.45, 7) is -1.86. The van der Waals surface area contributed by atoms with Crippen molar-refractivity contribution >= 4 is 0 Å². The fourth-order valence-corrected chi connectivity index (χ4v) is 8.88. The van der Waals surface area contributed by atoms with Gasteiger partial charge in [-0.2, -0.15) is 0 Å². The van der Waals surface area contributed by atoms with Crippen LogP contribution in [0, 0.1) is 17.8 Å². The normalized spacial score (nSPS) is 39.8. The highest BCUT2D eigenvalue weighted by Gasteiger charge is 2.54. The minimum atomic E-state index is -1.93. The van der Waals surface area contributed by atoms with E-state index in [1.165, 1.54) is 28.4 Å². The van der Waals surface area contributed by atoms with Gasteiger partial charge in [-0.1, -0.05) is 0 Å². The predicted molar refractivity (Wildman–Crippen MR) is 202 cm³/mol. The molecule has 61 heavy (non-hydrogen) atoms. The molecular formula is C40H56O21. The molecule has 2 aromatic rings. The molecule has 0 aromatic heterocycles. The molecule has 21 nitrogen and oxygen atoms in total. The Morgan fingerprint density at radius 2 is 1.02 bits per heavy atom. The number of aliphatic hydroxyl groups excluding tert-OH is 9. The lowest BCUT2D eigenvalue weighted by molar-refractivity contribution is -0.277. The third-order valence-corrected chi connectivity index (χ3v) is 12.4. The van der Waals surface area contributed by atoms with Crippen LogP contribution in [0.25, 0.3) is 0 Å². The van der Waals surface area contributed by atoms with Gasteiger partial charge in [-0.3, -0.25) is 0 Å². The van der Waals surface area contributed by atoms with E-state index in [0.717, 1.165) is 0 Å². The molecule has 7 rings (SSSR count). The molecule has 5 saturated heterocycles. The highest BCUT2D eigenvalue weighted by Crippen LogP contribution is 2.54. The van der Waals surface area contributed by atoms with E-state index in [1.807, 2.05) is 0 Å². The topological polar surface area (TPSA) is 304 Å². The lowest BCUT2D eigenvalue weighted by atomic mass is 9.84. The molecule has 5 aliphatic rings. The van der Waals surface area contributed by atoms with Crippen LogP contribution in [0.4, 0.5) is 0 Å². The summed E-state index contributed by atoms with van der Waals surface area (Å²) in [7, 11) is 5.64. The zero-order chi connectivity index (χ0) is 43.9. The molecule has 0 radical (unpaired) electrons. The summed E-state index contributed by atoms with van der Waals surface area (Å²) < 4.78 is 64.9. The van der Waals surface area contributed by atoms with E-state index in [2.05, 4.69) is 0 Å². The maximum absolute atomic E-state index is 11.2. The Hall–Kier alpha value is -3.36. The quantitative estimate of drug-likeness (QED) is 0.0870. The summed E-state index contributed by atoms with van der Waals surface area (Å²) in [5.41, 5.74) is -0.606. The fraction of sp³-hybridized carbons (Fsp3) is 0.700. The molecule has 5 heterocycles. The molecule has 2 aromatic carbocycles. The van der Waals surface area contributed by atoms with E-state index in [4.69, 9.17) is 52.1 Å². The van der Waals surface area contributed by atoms with E-state index in [-0.39, 0.29) is 72.6 Å². The summed E-state index contributed by atoms with van der Waals surface area (Å²) in [5.74, 6) is -0.557. The lowest BCUT2D eigenvalue weighted by Gasteiger charge is -2.43. The average Bonchev–Trinajstić information content (AvgIpc) is 3.97. The molecule has 10 N–H and O–H groups in total. The number of hydrogen-bond donors (Lipinski definition) is 10. The minimum absolute atomic E-state index is 0.0375. The average molecular weight is 873 g/mol. The Labute approximate surface area is 350 Å². The molecule has 17 unspecified atom stereocenters. The molecule has 0 saturated carbocycles. The summed E-state index contributed by atoms with van der Waals surface area (Å²) in [6.07, 6.45) is -17.1. The van der Waals surface area contributed by atoms with Crippen LogP contribution < -0.4 is 28.4 Å². The van der Waals surface area contributed by atoms with Gasteiger partial charge in [0, 0.05) is 11.8 Å². The van der Waals surface area contributed by atoms with E-state index in [0.29, 0.717) is 11.1 Å². The van der Waals surface area contributed by atoms with Crippen LogP contribution in [-0.4, -0.2) is 192 Å². The van der Waals surface area contributed by atoms with Crippen LogP contribution in [-0.2, 0) is 23.7 Å². The molecule has 5 fully saturated rings. The largest absolute Gasteiger partial charge is 0.493 e. The second-order valence-electron chi connectivity index (χ2n) is 15.9. The Morgan fingerprint density at radius 1 is 0.574 bits per heavy atom. The van der Waals surface area contributed by atoms with Gasteiger partial charge in [0.1, 0.15) is 48.3 Å². The highest BCUT2D eigenvalue weighted by atomic mass is 16.7. The number of benzene rings is 2. The zero-order valence-corrected chi connectivity index (χ0v) is 34.0. The van der Waals surface area contributed by atoms with Crippen LogP contribution in [0.15, 0.2) is 24.3 Å². The molecule has 0 aliphatic carbocycles. The van der Waals surface area contributed by atoms with Gasteiger partial charge in [-0.15, -0.1) is 0 Å². The minimum Gasteiger partial charge on any atom is -0.493 e. The van der Waals surface area contributed by atoms with Crippen LogP contribution in [0.3, 0.4) is 0 Å². The van der Waals surface area contributed by atoms with Gasteiger partial charge in [0.25, 0.3) is 0 Å². The number of rotatable bonds is 15. The zero-order valence-electron chi connectivity index (χ0n) is 34.0. The number of ether oxygens (including phenoxy) is 11. The first-order valence-electron chi connectivity index (χ1n) is 19.9. The smallest absolute Gasteiger partial charge is 0.229 e. The molecule has 342 valence electrons. The lowest BCUT2D eigenvalue weighted by Crippen LogP contribution is -2.60. The summed E-state index contributed by atoms with van der Waals surface area (Å²) >= 11 is 0. The molecular weight excluding hydrogens is 816 g/mol. The Kier molecular flexibility index (Phi) is 14.1. The van der Waals surface area contributed by atoms with Crippen molar-refractivity contribution in [3.63, 3.8) is 0 Å². The van der Waals surface area contributed by atoms with E-state index in [9.17, 15) is 51.1 Å². The number of aliphatic hydroxyl groups is 10. The van der Waals surface area contributed by atoms with Crippen LogP contribution in [0.1, 0.15) is 29.8 Å². The monoisotopic (exact) mass is 872 g/mol. The molecule has 17 atom stereocenters. The molecule has 0 amide bonds. The first-order valence-corrected chi connectivity index (χ1v) is 19.9. The van der Waals surface area contributed by atoms with Crippen LogP contribution in [0.5, 0.6) is 34.5 Å². The van der Waals surface area contributed by atoms with Crippen molar-refractivity contribution in [1.82, 2.24) is 0 Å². The highest BCUT2D eigenvalue weighted by molar-refractivity contribution is 5.56. The molecule has 5 aliphatic heterocycles. The van der Waals surface area contributed by atoms with Crippen molar-refractivity contribution in [1.29, 1.82) is 0 Å². The first-order chi connectivity index (χ1) is 29.2. The first kappa shape index (κ1) is 45.7. The number of hydrogen-bond acceptors (Lipinski definition) is 21. The van der Waals surface area contributed by atoms with Crippen LogP contribution in [0.2, 0.25) is 0 Å². The van der Waals surface area contributed by atoms with Gasteiger partial charge in [0.15, 0.2) is 23.0 Å². The van der Waals surface area contributed by atoms with Gasteiger partial charge >= 0.3 is 0 Å². The number of methoxy groups -OCH3 is 4. The number of fused-ring (bicyclic) bond motifs is 1. The third kappa shape index (κ3) is 8.43. The van der Waals surface area contributed by atoms with E-state index >= 15 is 0 Å². The van der Waals surface area contributed by atoms with Gasteiger partial charge in [0.2, 0.25) is 24.1 Å². The van der Waals surface area contributed by atoms with E-state index in [1.54, 1.807) is 24.3 Å². The van der Waals surface area contributed by atoms with Crippen LogP contribution >= 0.6 is 0 Å². The second-order valence-corrected chi connectivity index (χ2v) is 15.9. The van der Waals surface area contributed by atoms with Crippen molar-refractivity contribution in [2.75, 3.05) is 68.1 Å². The third-order valence-electron chi connectivity index (χ3n) is 12.4. The van der Waals surface area contributed by atoms with E-state index < -0.39 is 111 Å². The Morgan fingerprint density at radius 3 is 1.44 bits per heavy atom. The van der Waals surface area contributed by atoms with Crippen molar-refractivity contribution in [3.05, 3.63) is 35.4 Å². The van der Waals surface area contributed by atoms with Crippen molar-refractivity contribution in [3.8, 4) is 34.5 Å². The van der Waals surface area contributed by atoms with Crippen molar-refractivity contribution < 1.29 is 103 Å². The predicted octanol–water partition coefficient (Wildman–Crippen LogP) is -2.72. The fourth-order valence-electron chi connectivity index (χ4n) is 8.88. The van der Waals surface area contributed by atoms with Gasteiger partial charge in [-0.25, -0.2) is 0 Å². The molecule has 0 spiro atoms. The van der Waals surface area contributed by atoms with Crippen molar-refractivity contribution in [2.45, 2.75) is 91.7 Å². The maximum atomic E-state index is 11.2. The van der Waals surface area contributed by atoms with Gasteiger partial charge in [0.05, 0.1) is 98.4 Å². The molecule has 0 bridgehead atoms. The molecule has 21 heteroatoms. The van der Waals surface area contributed by atoms with Crippen molar-refractivity contribution in [2.24, 2.45) is 17.8 Å². The summed E-state index contributed by atoms with van der Waals surface area (Å²) in [5, 5.41) is 104. The Balaban J connectivity index is 1.11. The van der Waals surface area contributed by atoms with Gasteiger partial charge < -0.3 is 103 Å². The Bertz CT molecular complexity index is 1750. The maximum Gasteiger partial charge on any atom is 0.229 e. The SMILES string of the molecule is COc1cc(C2OCC3C(c4cc(OC)c(OC5OC(CO)C(O)C(O)C5CC5OCC(O)(CO)C5O)c(OC)c4)OCC23)cc(OC)c1OC1OC(CO)C(O)C(O)C1O. The van der Waals surface area contributed by atoms with Gasteiger partial charge in [-0.05, 0) is 41.8 Å². The summed E-state index contributed by atoms with van der Waals surface area (Å²) in [6, 6.07) is 6.77. The second kappa shape index (κ2) is 18.8. The summed E-state index contributed by atoms with van der Waals surface area (Å²) in [4.78, 5) is 0.